The molecule has 0 spiro atoms. The summed E-state index contributed by atoms with van der Waals surface area (Å²) in [7, 11) is 0. The van der Waals surface area contributed by atoms with Crippen LogP contribution in [0.2, 0.25) is 0 Å². The quantitative estimate of drug-likeness (QED) is 0.718. The van der Waals surface area contributed by atoms with Crippen LogP contribution in [-0.2, 0) is 9.47 Å². The topological polar surface area (TPSA) is 85.6 Å². The van der Waals surface area contributed by atoms with Gasteiger partial charge < -0.3 is 25.8 Å². The minimum atomic E-state index is -0.477. The van der Waals surface area contributed by atoms with Crippen LogP contribution in [-0.4, -0.2) is 48.6 Å². The van der Waals surface area contributed by atoms with Gasteiger partial charge in [-0.15, -0.1) is 0 Å². The Labute approximate surface area is 139 Å². The molecule has 3 atom stereocenters. The van der Waals surface area contributed by atoms with Gasteiger partial charge in [-0.2, -0.15) is 0 Å². The van der Waals surface area contributed by atoms with Crippen molar-refractivity contribution in [2.24, 2.45) is 5.73 Å². The molecule has 2 rings (SSSR count). The van der Waals surface area contributed by atoms with E-state index in [1.54, 1.807) is 0 Å². The number of rotatable bonds is 5. The lowest BCUT2D eigenvalue weighted by atomic mass is 9.80. The molecule has 0 radical (unpaired) electrons. The summed E-state index contributed by atoms with van der Waals surface area (Å²) in [5, 5.41) is 6.66. The van der Waals surface area contributed by atoms with Crippen LogP contribution in [0.4, 0.5) is 4.79 Å². The van der Waals surface area contributed by atoms with E-state index < -0.39 is 5.60 Å². The second-order valence-electron chi connectivity index (χ2n) is 7.79. The molecular weight excluding hydrogens is 294 g/mol. The van der Waals surface area contributed by atoms with E-state index in [9.17, 15) is 4.79 Å². The summed E-state index contributed by atoms with van der Waals surface area (Å²) < 4.78 is 11.1. The maximum atomic E-state index is 12.0. The van der Waals surface area contributed by atoms with Gasteiger partial charge in [-0.25, -0.2) is 4.79 Å². The van der Waals surface area contributed by atoms with Gasteiger partial charge in [-0.05, 0) is 59.8 Å². The molecule has 1 amide bonds. The fourth-order valence-electron chi connectivity index (χ4n) is 3.38. The average Bonchev–Trinajstić information content (AvgIpc) is 2.43. The van der Waals surface area contributed by atoms with Crippen molar-refractivity contribution >= 4 is 6.09 Å². The van der Waals surface area contributed by atoms with Crippen LogP contribution < -0.4 is 16.4 Å². The molecule has 0 saturated heterocycles. The predicted molar refractivity (Wildman–Crippen MR) is 90.3 cm³/mol. The molecule has 23 heavy (non-hydrogen) atoms. The molecule has 134 valence electrons. The van der Waals surface area contributed by atoms with Gasteiger partial charge in [0.1, 0.15) is 5.60 Å². The minimum Gasteiger partial charge on any atom is -0.444 e. The van der Waals surface area contributed by atoms with Crippen molar-refractivity contribution in [3.63, 3.8) is 0 Å². The van der Waals surface area contributed by atoms with E-state index in [1.165, 1.54) is 0 Å². The molecule has 0 heterocycles. The van der Waals surface area contributed by atoms with E-state index in [1.807, 2.05) is 27.7 Å². The van der Waals surface area contributed by atoms with Gasteiger partial charge in [-0.3, -0.25) is 0 Å². The van der Waals surface area contributed by atoms with Crippen LogP contribution >= 0.6 is 0 Å². The van der Waals surface area contributed by atoms with Crippen molar-refractivity contribution in [1.29, 1.82) is 0 Å². The van der Waals surface area contributed by atoms with Gasteiger partial charge in [0.2, 0.25) is 0 Å². The summed E-state index contributed by atoms with van der Waals surface area (Å²) in [5.41, 5.74) is 5.50. The molecule has 0 aromatic heterocycles. The smallest absolute Gasteiger partial charge is 0.407 e. The number of hydrogen-bond acceptors (Lipinski definition) is 5. The SMILES string of the molecule is CCOC1CC(NC(=O)OC(C)(C)C)C1NC1CCC(N)CC1. The number of amides is 1. The Kier molecular flexibility index (Phi) is 6.28. The number of nitrogens with one attached hydrogen (secondary N) is 2. The van der Waals surface area contributed by atoms with Crippen molar-refractivity contribution in [2.75, 3.05) is 6.61 Å². The van der Waals surface area contributed by atoms with E-state index in [2.05, 4.69) is 10.6 Å². The molecule has 0 aromatic carbocycles. The molecule has 6 nitrogen and oxygen atoms in total. The van der Waals surface area contributed by atoms with Gasteiger partial charge in [0, 0.05) is 18.7 Å². The first-order chi connectivity index (χ1) is 10.8. The van der Waals surface area contributed by atoms with Crippen molar-refractivity contribution in [2.45, 2.75) is 95.7 Å². The van der Waals surface area contributed by atoms with Crippen LogP contribution in [0.25, 0.3) is 0 Å². The van der Waals surface area contributed by atoms with Crippen molar-refractivity contribution < 1.29 is 14.3 Å². The normalized spacial score (nSPS) is 34.6. The lowest BCUT2D eigenvalue weighted by Crippen LogP contribution is -2.68. The summed E-state index contributed by atoms with van der Waals surface area (Å²) in [6.07, 6.45) is 4.95. The van der Waals surface area contributed by atoms with Crippen molar-refractivity contribution in [3.05, 3.63) is 0 Å². The number of nitrogens with two attached hydrogens (primary N) is 1. The summed E-state index contributed by atoms with van der Waals surface area (Å²) >= 11 is 0. The maximum Gasteiger partial charge on any atom is 0.407 e. The van der Waals surface area contributed by atoms with Crippen LogP contribution in [0.3, 0.4) is 0 Å². The number of alkyl carbamates (subject to hydrolysis) is 1. The first-order valence-electron chi connectivity index (χ1n) is 8.91. The second kappa shape index (κ2) is 7.81. The largest absolute Gasteiger partial charge is 0.444 e. The number of carbonyl (C=O) groups excluding carboxylic acids is 1. The molecule has 2 aliphatic rings. The highest BCUT2D eigenvalue weighted by Gasteiger charge is 2.44. The minimum absolute atomic E-state index is 0.0667. The molecule has 0 aliphatic heterocycles. The predicted octanol–water partition coefficient (Wildman–Crippen LogP) is 1.92. The Morgan fingerprint density at radius 2 is 1.87 bits per heavy atom. The third kappa shape index (κ3) is 5.62. The van der Waals surface area contributed by atoms with Gasteiger partial charge in [0.25, 0.3) is 0 Å². The van der Waals surface area contributed by atoms with E-state index in [-0.39, 0.29) is 24.3 Å². The number of hydrogen-bond donors (Lipinski definition) is 3. The molecular formula is C17H33N3O3. The van der Waals surface area contributed by atoms with Crippen LogP contribution in [0.1, 0.15) is 59.8 Å². The molecule has 2 aliphatic carbocycles. The van der Waals surface area contributed by atoms with Gasteiger partial charge >= 0.3 is 6.09 Å². The maximum absolute atomic E-state index is 12.0. The Bertz CT molecular complexity index is 389. The third-order valence-electron chi connectivity index (χ3n) is 4.60. The zero-order valence-corrected chi connectivity index (χ0v) is 14.9. The third-order valence-corrected chi connectivity index (χ3v) is 4.60. The first kappa shape index (κ1) is 18.5. The molecule has 3 unspecified atom stereocenters. The van der Waals surface area contributed by atoms with Crippen LogP contribution in [0, 0.1) is 0 Å². The number of ether oxygens (including phenoxy) is 2. The van der Waals surface area contributed by atoms with Crippen molar-refractivity contribution in [3.8, 4) is 0 Å². The van der Waals surface area contributed by atoms with E-state index in [0.29, 0.717) is 18.7 Å². The Morgan fingerprint density at radius 3 is 2.43 bits per heavy atom. The zero-order chi connectivity index (χ0) is 17.0. The summed E-state index contributed by atoms with van der Waals surface area (Å²) in [6, 6.07) is 1.03. The molecule has 2 saturated carbocycles. The van der Waals surface area contributed by atoms with Crippen LogP contribution in [0.15, 0.2) is 0 Å². The fourth-order valence-corrected chi connectivity index (χ4v) is 3.38. The van der Waals surface area contributed by atoms with Gasteiger partial charge in [-0.1, -0.05) is 0 Å². The molecule has 0 aromatic rings. The number of carbonyl (C=O) groups is 1. The summed E-state index contributed by atoms with van der Waals surface area (Å²) in [5.74, 6) is 0. The average molecular weight is 327 g/mol. The fraction of sp³-hybridized carbons (Fsp3) is 0.941. The van der Waals surface area contributed by atoms with E-state index >= 15 is 0 Å². The highest BCUT2D eigenvalue weighted by molar-refractivity contribution is 5.68. The van der Waals surface area contributed by atoms with E-state index in [4.69, 9.17) is 15.2 Å². The summed E-state index contributed by atoms with van der Waals surface area (Å²) in [4.78, 5) is 12.0. The molecule has 4 N–H and O–H groups in total. The lowest BCUT2D eigenvalue weighted by Gasteiger charge is -2.47. The summed E-state index contributed by atoms with van der Waals surface area (Å²) in [6.45, 7) is 8.31. The highest BCUT2D eigenvalue weighted by Crippen LogP contribution is 2.28. The first-order valence-corrected chi connectivity index (χ1v) is 8.91. The molecule has 2 fully saturated rings. The Hall–Kier alpha value is -0.850. The zero-order valence-electron chi connectivity index (χ0n) is 14.9. The standard InChI is InChI=1S/C17H33N3O3/c1-5-22-14-10-13(20-16(21)23-17(2,3)4)15(14)19-12-8-6-11(18)7-9-12/h11-15,19H,5-10,18H2,1-4H3,(H,20,21). The van der Waals surface area contributed by atoms with Crippen LogP contribution in [0.5, 0.6) is 0 Å². The Morgan fingerprint density at radius 1 is 1.22 bits per heavy atom. The molecule has 0 bridgehead atoms. The molecule has 6 heteroatoms. The van der Waals surface area contributed by atoms with Gasteiger partial charge in [0.05, 0.1) is 18.2 Å². The Balaban J connectivity index is 1.85. The highest BCUT2D eigenvalue weighted by atomic mass is 16.6. The van der Waals surface area contributed by atoms with Crippen molar-refractivity contribution in [1.82, 2.24) is 10.6 Å². The lowest BCUT2D eigenvalue weighted by molar-refractivity contribution is -0.0479. The van der Waals surface area contributed by atoms with Gasteiger partial charge in [0.15, 0.2) is 0 Å². The van der Waals surface area contributed by atoms with E-state index in [0.717, 1.165) is 32.1 Å². The monoisotopic (exact) mass is 327 g/mol. The second-order valence-corrected chi connectivity index (χ2v) is 7.79.